The summed E-state index contributed by atoms with van der Waals surface area (Å²) in [5, 5.41) is 2.86. The molecule has 0 aliphatic heterocycles. The first kappa shape index (κ1) is 5.33. The summed E-state index contributed by atoms with van der Waals surface area (Å²) in [7, 11) is 0. The molecule has 0 heterocycles. The molecular formula is C3H2BrCl. The normalized spacial score (nSPS) is 5.20. The van der Waals surface area contributed by atoms with E-state index in [4.69, 9.17) is 11.6 Å². The second-order valence-corrected chi connectivity index (χ2v) is 1.15. The molecule has 0 aliphatic rings. The van der Waals surface area contributed by atoms with E-state index >= 15 is 0 Å². The van der Waals surface area contributed by atoms with Crippen LogP contribution in [0.1, 0.15) is 0 Å². The lowest BCUT2D eigenvalue weighted by Gasteiger charge is -1.54. The third-order valence-electron chi connectivity index (χ3n) is 0.134. The monoisotopic (exact) mass is 152 g/mol. The van der Waals surface area contributed by atoms with Crippen LogP contribution in [0.25, 0.3) is 0 Å². The largest absolute Gasteiger partial charge is 0.0786 e. The molecule has 0 amide bonds. The molecule has 0 fully saturated rings. The molecule has 0 aromatic carbocycles. The van der Waals surface area contributed by atoms with Crippen LogP contribution >= 0.6 is 27.5 Å². The fourth-order valence-electron chi connectivity index (χ4n) is 0.0253. The molecule has 28 valence electrons. The van der Waals surface area contributed by atoms with Crippen molar-refractivity contribution in [3.8, 4) is 11.3 Å². The Labute approximate surface area is 44.6 Å². The van der Waals surface area contributed by atoms with Crippen LogP contribution in [0.2, 0.25) is 0 Å². The highest BCUT2D eigenvalue weighted by atomic mass is 79.9. The number of hydrogen-bond donors (Lipinski definition) is 0. The molecule has 0 spiro atoms. The molecule has 0 nitrogen and oxygen atoms in total. The second kappa shape index (κ2) is 4.33. The average Bonchev–Trinajstić information content (AvgIpc) is 1.41. The van der Waals surface area contributed by atoms with Crippen molar-refractivity contribution in [3.63, 3.8) is 0 Å². The molecule has 0 saturated carbocycles. The molecule has 0 bridgehead atoms. The molecule has 0 atom stereocenters. The van der Waals surface area contributed by atoms with E-state index in [9.17, 15) is 0 Å². The van der Waals surface area contributed by atoms with Crippen molar-refractivity contribution in [1.82, 2.24) is 0 Å². The van der Waals surface area contributed by atoms with Gasteiger partial charge in [0.1, 0.15) is 0 Å². The Bertz CT molecular complexity index is 59.0. The molecular weight excluding hydrogens is 151 g/mol. The van der Waals surface area contributed by atoms with Gasteiger partial charge >= 0.3 is 0 Å². The minimum atomic E-state index is 0.663. The third-order valence-corrected chi connectivity index (χ3v) is 0.548. The first-order valence-corrected chi connectivity index (χ1v) is 2.56. The van der Waals surface area contributed by atoms with Gasteiger partial charge in [-0.2, -0.15) is 0 Å². The molecule has 0 rings (SSSR count). The van der Waals surface area contributed by atoms with E-state index in [0.29, 0.717) is 5.33 Å². The third kappa shape index (κ3) is 4.33. The topological polar surface area (TPSA) is 0 Å². The molecule has 2 heteroatoms. The summed E-state index contributed by atoms with van der Waals surface area (Å²) in [6.45, 7) is 0. The quantitative estimate of drug-likeness (QED) is 0.366. The standard InChI is InChI=1S/C3H2BrCl/c4-2-1-3-5/h2H2. The number of alkyl halides is 1. The Kier molecular flexibility index (Phi) is 4.62. The lowest BCUT2D eigenvalue weighted by Crippen LogP contribution is -1.49. The Morgan fingerprint density at radius 2 is 2.40 bits per heavy atom. The van der Waals surface area contributed by atoms with Gasteiger partial charge in [0, 0.05) is 5.38 Å². The summed E-state index contributed by atoms with van der Waals surface area (Å²) >= 11 is 7.96. The summed E-state index contributed by atoms with van der Waals surface area (Å²) in [6.07, 6.45) is 0. The van der Waals surface area contributed by atoms with Gasteiger partial charge in [0.05, 0.1) is 5.33 Å². The highest BCUT2D eigenvalue weighted by Crippen LogP contribution is 1.72. The maximum absolute atomic E-state index is 4.91. The summed E-state index contributed by atoms with van der Waals surface area (Å²) < 4.78 is 0. The maximum atomic E-state index is 4.91. The first-order valence-electron chi connectivity index (χ1n) is 1.06. The van der Waals surface area contributed by atoms with Crippen LogP contribution in [0.15, 0.2) is 0 Å². The predicted molar refractivity (Wildman–Crippen MR) is 27.4 cm³/mol. The van der Waals surface area contributed by atoms with E-state index in [1.165, 1.54) is 0 Å². The molecule has 0 aliphatic carbocycles. The van der Waals surface area contributed by atoms with Gasteiger partial charge in [0.2, 0.25) is 0 Å². The van der Waals surface area contributed by atoms with E-state index in [1.54, 1.807) is 0 Å². The summed E-state index contributed by atoms with van der Waals surface area (Å²) in [4.78, 5) is 0. The van der Waals surface area contributed by atoms with Crippen LogP contribution in [-0.4, -0.2) is 5.33 Å². The molecule has 0 aromatic rings. The zero-order chi connectivity index (χ0) is 4.12. The highest BCUT2D eigenvalue weighted by Gasteiger charge is 1.52. The minimum Gasteiger partial charge on any atom is -0.0786 e. The van der Waals surface area contributed by atoms with Crippen LogP contribution < -0.4 is 0 Å². The van der Waals surface area contributed by atoms with Crippen LogP contribution in [-0.2, 0) is 0 Å². The van der Waals surface area contributed by atoms with Gasteiger partial charge in [0.15, 0.2) is 0 Å². The van der Waals surface area contributed by atoms with Gasteiger partial charge < -0.3 is 0 Å². The van der Waals surface area contributed by atoms with Crippen molar-refractivity contribution in [1.29, 1.82) is 0 Å². The van der Waals surface area contributed by atoms with E-state index < -0.39 is 0 Å². The van der Waals surface area contributed by atoms with Crippen LogP contribution in [0, 0.1) is 11.3 Å². The predicted octanol–water partition coefficient (Wildman–Crippen LogP) is 1.58. The number of rotatable bonds is 0. The fourth-order valence-corrected chi connectivity index (χ4v) is 0.394. The van der Waals surface area contributed by atoms with Crippen molar-refractivity contribution in [2.45, 2.75) is 0 Å². The van der Waals surface area contributed by atoms with E-state index in [0.717, 1.165) is 0 Å². The van der Waals surface area contributed by atoms with Crippen LogP contribution in [0.4, 0.5) is 0 Å². The molecule has 0 N–H and O–H groups in total. The van der Waals surface area contributed by atoms with Gasteiger partial charge in [-0.15, -0.1) is 0 Å². The van der Waals surface area contributed by atoms with Crippen molar-refractivity contribution in [3.05, 3.63) is 0 Å². The minimum absolute atomic E-state index is 0.663. The van der Waals surface area contributed by atoms with Crippen molar-refractivity contribution in [2.24, 2.45) is 0 Å². The van der Waals surface area contributed by atoms with Gasteiger partial charge in [0.25, 0.3) is 0 Å². The van der Waals surface area contributed by atoms with E-state index in [2.05, 4.69) is 27.2 Å². The number of hydrogen-bond acceptors (Lipinski definition) is 0. The van der Waals surface area contributed by atoms with Crippen LogP contribution in [0.5, 0.6) is 0 Å². The summed E-state index contributed by atoms with van der Waals surface area (Å²) in [5.74, 6) is 2.54. The molecule has 0 aromatic heterocycles. The molecule has 5 heavy (non-hydrogen) atoms. The Morgan fingerprint density at radius 3 is 2.40 bits per heavy atom. The van der Waals surface area contributed by atoms with Crippen molar-refractivity contribution in [2.75, 3.05) is 5.33 Å². The van der Waals surface area contributed by atoms with Crippen molar-refractivity contribution < 1.29 is 0 Å². The molecule has 0 saturated heterocycles. The average molecular weight is 153 g/mol. The van der Waals surface area contributed by atoms with Gasteiger partial charge in [-0.1, -0.05) is 21.9 Å². The molecule has 0 radical (unpaired) electrons. The second-order valence-electron chi connectivity index (χ2n) is 0.405. The zero-order valence-electron chi connectivity index (χ0n) is 2.46. The Morgan fingerprint density at radius 1 is 1.80 bits per heavy atom. The molecule has 0 unspecified atom stereocenters. The number of halogens is 2. The summed E-state index contributed by atoms with van der Waals surface area (Å²) in [5.41, 5.74) is 0. The van der Waals surface area contributed by atoms with E-state index in [-0.39, 0.29) is 0 Å². The van der Waals surface area contributed by atoms with E-state index in [1.807, 2.05) is 0 Å². The highest BCUT2D eigenvalue weighted by molar-refractivity contribution is 9.09. The lowest BCUT2D eigenvalue weighted by atomic mass is 10.8. The summed E-state index contributed by atoms with van der Waals surface area (Å²) in [6, 6.07) is 0. The Balaban J connectivity index is 2.81. The Hall–Kier alpha value is 0.330. The van der Waals surface area contributed by atoms with Crippen LogP contribution in [0.3, 0.4) is 0 Å². The first-order chi connectivity index (χ1) is 2.41. The lowest BCUT2D eigenvalue weighted by molar-refractivity contribution is 2.01. The van der Waals surface area contributed by atoms with Gasteiger partial charge in [-0.25, -0.2) is 0 Å². The SMILES string of the molecule is ClC#CCBr. The smallest absolute Gasteiger partial charge is 0.0658 e. The fraction of sp³-hybridized carbons (Fsp3) is 0.333. The maximum Gasteiger partial charge on any atom is 0.0658 e. The van der Waals surface area contributed by atoms with Gasteiger partial charge in [-0.05, 0) is 11.6 Å². The zero-order valence-corrected chi connectivity index (χ0v) is 4.80. The van der Waals surface area contributed by atoms with Gasteiger partial charge in [-0.3, -0.25) is 0 Å². The van der Waals surface area contributed by atoms with Crippen molar-refractivity contribution >= 4 is 27.5 Å².